The van der Waals surface area contributed by atoms with Crippen molar-refractivity contribution < 1.29 is 4.74 Å². The lowest BCUT2D eigenvalue weighted by atomic mass is 10.2. The third kappa shape index (κ3) is 3.00. The van der Waals surface area contributed by atoms with E-state index in [2.05, 4.69) is 10.0 Å². The molecular weight excluding hydrogens is 214 g/mol. The Morgan fingerprint density at radius 2 is 1.71 bits per heavy atom. The van der Waals surface area contributed by atoms with Crippen molar-refractivity contribution in [2.75, 3.05) is 0 Å². The fourth-order valence-electron chi connectivity index (χ4n) is 1.45. The fourth-order valence-corrected chi connectivity index (χ4v) is 1.45. The van der Waals surface area contributed by atoms with Crippen LogP contribution >= 0.6 is 0 Å². The summed E-state index contributed by atoms with van der Waals surface area (Å²) in [5, 5.41) is 3.57. The molecule has 0 spiro atoms. The van der Waals surface area contributed by atoms with Gasteiger partial charge in [-0.15, -0.1) is 0 Å². The number of rotatable bonds is 4. The minimum absolute atomic E-state index is 0.457. The largest absolute Gasteiger partial charge is 0.488 e. The van der Waals surface area contributed by atoms with Crippen LogP contribution in [-0.4, -0.2) is 0 Å². The molecule has 0 atom stereocenters. The summed E-state index contributed by atoms with van der Waals surface area (Å²) in [5.74, 6) is 0.592. The number of azide groups is 1. The molecule has 17 heavy (non-hydrogen) atoms. The van der Waals surface area contributed by atoms with E-state index in [4.69, 9.17) is 10.3 Å². The van der Waals surface area contributed by atoms with Crippen molar-refractivity contribution >= 4 is 5.69 Å². The lowest BCUT2D eigenvalue weighted by Crippen LogP contribution is -1.94. The lowest BCUT2D eigenvalue weighted by Gasteiger charge is -2.08. The van der Waals surface area contributed by atoms with Gasteiger partial charge in [0, 0.05) is 4.91 Å². The van der Waals surface area contributed by atoms with E-state index in [0.717, 1.165) is 5.56 Å². The third-order valence-corrected chi connectivity index (χ3v) is 2.25. The molecule has 0 saturated carbocycles. The molecular formula is C13H11N3O. The zero-order valence-corrected chi connectivity index (χ0v) is 9.15. The van der Waals surface area contributed by atoms with Crippen molar-refractivity contribution in [2.24, 2.45) is 5.11 Å². The van der Waals surface area contributed by atoms with Crippen LogP contribution in [0.4, 0.5) is 5.69 Å². The van der Waals surface area contributed by atoms with Crippen molar-refractivity contribution in [1.29, 1.82) is 0 Å². The fraction of sp³-hybridized carbons (Fsp3) is 0.0769. The summed E-state index contributed by atoms with van der Waals surface area (Å²) in [6.45, 7) is 0.457. The summed E-state index contributed by atoms with van der Waals surface area (Å²) in [5.41, 5.74) is 10.0. The SMILES string of the molecule is [N-]=[N+]=Nc1ccccc1OCc1ccccc1. The van der Waals surface area contributed by atoms with Crippen LogP contribution in [0.5, 0.6) is 5.75 Å². The minimum atomic E-state index is 0.457. The lowest BCUT2D eigenvalue weighted by molar-refractivity contribution is 0.307. The molecule has 84 valence electrons. The molecule has 0 bridgehead atoms. The first-order chi connectivity index (χ1) is 8.40. The molecule has 0 fully saturated rings. The average molecular weight is 225 g/mol. The second-order valence-electron chi connectivity index (χ2n) is 3.43. The van der Waals surface area contributed by atoms with Crippen LogP contribution < -0.4 is 4.74 Å². The zero-order valence-electron chi connectivity index (χ0n) is 9.15. The number of benzene rings is 2. The van der Waals surface area contributed by atoms with Gasteiger partial charge in [0.05, 0.1) is 5.69 Å². The van der Waals surface area contributed by atoms with Gasteiger partial charge in [0.25, 0.3) is 0 Å². The van der Waals surface area contributed by atoms with Gasteiger partial charge in [-0.25, -0.2) is 0 Å². The summed E-state index contributed by atoms with van der Waals surface area (Å²) in [6, 6.07) is 17.0. The van der Waals surface area contributed by atoms with E-state index in [1.165, 1.54) is 0 Å². The molecule has 4 nitrogen and oxygen atoms in total. The molecule has 0 saturated heterocycles. The summed E-state index contributed by atoms with van der Waals surface area (Å²) in [6.07, 6.45) is 0. The smallest absolute Gasteiger partial charge is 0.129 e. The second kappa shape index (κ2) is 5.58. The van der Waals surface area contributed by atoms with E-state index in [-0.39, 0.29) is 0 Å². The Balaban J connectivity index is 2.11. The molecule has 0 radical (unpaired) electrons. The Labute approximate surface area is 99.1 Å². The number of ether oxygens (including phenoxy) is 1. The number of para-hydroxylation sites is 1. The van der Waals surface area contributed by atoms with Gasteiger partial charge in [-0.2, -0.15) is 0 Å². The van der Waals surface area contributed by atoms with Crippen molar-refractivity contribution in [3.05, 3.63) is 70.6 Å². The highest BCUT2D eigenvalue weighted by Crippen LogP contribution is 2.27. The van der Waals surface area contributed by atoms with Crippen molar-refractivity contribution in [3.63, 3.8) is 0 Å². The maximum absolute atomic E-state index is 8.43. The zero-order chi connectivity index (χ0) is 11.9. The van der Waals surface area contributed by atoms with E-state index in [0.29, 0.717) is 18.0 Å². The third-order valence-electron chi connectivity index (χ3n) is 2.25. The number of nitrogens with zero attached hydrogens (tertiary/aromatic N) is 3. The molecule has 0 aliphatic carbocycles. The van der Waals surface area contributed by atoms with E-state index in [1.807, 2.05) is 36.4 Å². The Bertz CT molecular complexity index is 533. The molecule has 2 aromatic carbocycles. The van der Waals surface area contributed by atoms with Crippen LogP contribution in [-0.2, 0) is 6.61 Å². The van der Waals surface area contributed by atoms with Crippen LogP contribution in [0, 0.1) is 0 Å². The first-order valence-electron chi connectivity index (χ1n) is 5.21. The molecule has 0 aromatic heterocycles. The van der Waals surface area contributed by atoms with E-state index in [1.54, 1.807) is 18.2 Å². The average Bonchev–Trinajstić information content (AvgIpc) is 2.39. The van der Waals surface area contributed by atoms with Gasteiger partial charge in [0.15, 0.2) is 0 Å². The van der Waals surface area contributed by atoms with E-state index in [9.17, 15) is 0 Å². The van der Waals surface area contributed by atoms with Crippen molar-refractivity contribution in [3.8, 4) is 5.75 Å². The molecule has 0 N–H and O–H groups in total. The number of hydrogen-bond donors (Lipinski definition) is 0. The summed E-state index contributed by atoms with van der Waals surface area (Å²) in [4.78, 5) is 2.77. The Kier molecular flexibility index (Phi) is 3.63. The maximum atomic E-state index is 8.43. The van der Waals surface area contributed by atoms with Gasteiger partial charge in [-0.05, 0) is 23.2 Å². The highest BCUT2D eigenvalue weighted by molar-refractivity contribution is 5.51. The van der Waals surface area contributed by atoms with Gasteiger partial charge >= 0.3 is 0 Å². The monoisotopic (exact) mass is 225 g/mol. The Morgan fingerprint density at radius 1 is 1.00 bits per heavy atom. The molecule has 2 rings (SSSR count). The van der Waals surface area contributed by atoms with Crippen molar-refractivity contribution in [2.45, 2.75) is 6.61 Å². The molecule has 0 unspecified atom stereocenters. The first kappa shape index (κ1) is 11.0. The second-order valence-corrected chi connectivity index (χ2v) is 3.43. The predicted molar refractivity (Wildman–Crippen MR) is 66.0 cm³/mol. The minimum Gasteiger partial charge on any atom is -0.488 e. The van der Waals surface area contributed by atoms with Gasteiger partial charge in [0.1, 0.15) is 12.4 Å². The first-order valence-corrected chi connectivity index (χ1v) is 5.21. The van der Waals surface area contributed by atoms with Gasteiger partial charge in [-0.3, -0.25) is 0 Å². The predicted octanol–water partition coefficient (Wildman–Crippen LogP) is 4.21. The van der Waals surface area contributed by atoms with Crippen LogP contribution in [0.25, 0.3) is 10.4 Å². The van der Waals surface area contributed by atoms with Crippen LogP contribution in [0.2, 0.25) is 0 Å². The molecule has 0 aliphatic heterocycles. The molecule has 4 heteroatoms. The topological polar surface area (TPSA) is 58.0 Å². The Morgan fingerprint density at radius 3 is 2.47 bits per heavy atom. The van der Waals surface area contributed by atoms with Crippen LogP contribution in [0.3, 0.4) is 0 Å². The van der Waals surface area contributed by atoms with E-state index >= 15 is 0 Å². The summed E-state index contributed by atoms with van der Waals surface area (Å²) < 4.78 is 5.61. The standard InChI is InChI=1S/C13H11N3O/c14-16-15-12-8-4-5-9-13(12)17-10-11-6-2-1-3-7-11/h1-9H,10H2. The molecule has 0 heterocycles. The van der Waals surface area contributed by atoms with E-state index < -0.39 is 0 Å². The van der Waals surface area contributed by atoms with Crippen molar-refractivity contribution in [1.82, 2.24) is 0 Å². The van der Waals surface area contributed by atoms with Gasteiger partial charge in [-0.1, -0.05) is 47.6 Å². The molecule has 2 aromatic rings. The summed E-state index contributed by atoms with van der Waals surface area (Å²) in [7, 11) is 0. The Hall–Kier alpha value is -2.45. The highest BCUT2D eigenvalue weighted by Gasteiger charge is 2.00. The van der Waals surface area contributed by atoms with Gasteiger partial charge < -0.3 is 4.74 Å². The summed E-state index contributed by atoms with van der Waals surface area (Å²) >= 11 is 0. The van der Waals surface area contributed by atoms with Crippen LogP contribution in [0.15, 0.2) is 59.7 Å². The molecule has 0 amide bonds. The quantitative estimate of drug-likeness (QED) is 0.437. The highest BCUT2D eigenvalue weighted by atomic mass is 16.5. The molecule has 0 aliphatic rings. The number of hydrogen-bond acceptors (Lipinski definition) is 2. The maximum Gasteiger partial charge on any atom is 0.129 e. The van der Waals surface area contributed by atoms with Gasteiger partial charge in [0.2, 0.25) is 0 Å². The van der Waals surface area contributed by atoms with Crippen LogP contribution in [0.1, 0.15) is 5.56 Å². The normalized spacial score (nSPS) is 9.41.